The SMILES string of the molecule is CCCCOc1cccc(C(O)=C2C(=O)C(=O)N(CCCn3ccnc3)C2c2ccc(OC)cc2)c1. The largest absolute Gasteiger partial charge is 0.507 e. The number of hydrogen-bond acceptors (Lipinski definition) is 6. The number of ether oxygens (including phenoxy) is 2. The van der Waals surface area contributed by atoms with Crippen LogP contribution in [0.2, 0.25) is 0 Å². The molecule has 1 fully saturated rings. The van der Waals surface area contributed by atoms with E-state index in [4.69, 9.17) is 9.47 Å². The van der Waals surface area contributed by atoms with Crippen molar-refractivity contribution in [3.63, 3.8) is 0 Å². The third-order valence-electron chi connectivity index (χ3n) is 6.22. The van der Waals surface area contributed by atoms with Gasteiger partial charge in [0.25, 0.3) is 11.7 Å². The molecule has 1 aliphatic rings. The fourth-order valence-electron chi connectivity index (χ4n) is 4.31. The summed E-state index contributed by atoms with van der Waals surface area (Å²) in [5.41, 5.74) is 1.21. The van der Waals surface area contributed by atoms with Gasteiger partial charge in [0.1, 0.15) is 17.3 Å². The molecular weight excluding hydrogens is 458 g/mol. The summed E-state index contributed by atoms with van der Waals surface area (Å²) < 4.78 is 13.0. The van der Waals surface area contributed by atoms with Gasteiger partial charge in [-0.15, -0.1) is 0 Å². The maximum atomic E-state index is 13.2. The molecule has 8 nitrogen and oxygen atoms in total. The van der Waals surface area contributed by atoms with Crippen LogP contribution in [0.4, 0.5) is 0 Å². The molecule has 1 aliphatic heterocycles. The number of Topliss-reactive ketones (excluding diaryl/α,β-unsaturated/α-hetero) is 1. The highest BCUT2D eigenvalue weighted by Gasteiger charge is 2.45. The number of amides is 1. The van der Waals surface area contributed by atoms with Crippen LogP contribution in [0.3, 0.4) is 0 Å². The summed E-state index contributed by atoms with van der Waals surface area (Å²) in [6.07, 6.45) is 7.81. The molecule has 0 radical (unpaired) electrons. The lowest BCUT2D eigenvalue weighted by molar-refractivity contribution is -0.139. The first-order valence-electron chi connectivity index (χ1n) is 12.1. The average molecular weight is 490 g/mol. The number of rotatable bonds is 11. The molecule has 1 atom stereocenters. The van der Waals surface area contributed by atoms with E-state index < -0.39 is 17.7 Å². The number of hydrogen-bond donors (Lipinski definition) is 1. The molecule has 2 aromatic carbocycles. The molecule has 188 valence electrons. The molecule has 1 unspecified atom stereocenters. The van der Waals surface area contributed by atoms with E-state index in [1.54, 1.807) is 50.0 Å². The van der Waals surface area contributed by atoms with Crippen LogP contribution in [0.15, 0.2) is 72.8 Å². The number of nitrogens with zero attached hydrogens (tertiary/aromatic N) is 3. The molecule has 1 N–H and O–H groups in total. The highest BCUT2D eigenvalue weighted by molar-refractivity contribution is 6.46. The Morgan fingerprint density at radius 3 is 2.56 bits per heavy atom. The number of aliphatic hydroxyl groups excluding tert-OH is 1. The molecule has 2 heterocycles. The third-order valence-corrected chi connectivity index (χ3v) is 6.22. The predicted octanol–water partition coefficient (Wildman–Crippen LogP) is 4.58. The zero-order chi connectivity index (χ0) is 25.5. The number of aromatic nitrogens is 2. The van der Waals surface area contributed by atoms with Crippen molar-refractivity contribution >= 4 is 17.4 Å². The van der Waals surface area contributed by atoms with Gasteiger partial charge in [0, 0.05) is 31.0 Å². The van der Waals surface area contributed by atoms with Crippen molar-refractivity contribution in [1.82, 2.24) is 14.5 Å². The van der Waals surface area contributed by atoms with Gasteiger partial charge in [-0.3, -0.25) is 9.59 Å². The second-order valence-electron chi connectivity index (χ2n) is 8.65. The standard InChI is InChI=1S/C28H31N3O5/c1-3-4-17-36-23-8-5-7-21(18-23)26(32)24-25(20-9-11-22(35-2)12-10-20)31(28(34)27(24)33)15-6-14-30-16-13-29-19-30/h5,7-13,16,18-19,25,32H,3-4,6,14-15,17H2,1-2H3. The average Bonchev–Trinajstić information content (AvgIpc) is 3.51. The van der Waals surface area contributed by atoms with Gasteiger partial charge in [0.05, 0.1) is 31.7 Å². The summed E-state index contributed by atoms with van der Waals surface area (Å²) in [5.74, 6) is -0.283. The summed E-state index contributed by atoms with van der Waals surface area (Å²) >= 11 is 0. The molecule has 1 amide bonds. The first kappa shape index (κ1) is 25.0. The third kappa shape index (κ3) is 5.43. The van der Waals surface area contributed by atoms with Crippen LogP contribution in [0, 0.1) is 0 Å². The molecule has 8 heteroatoms. The number of likely N-dealkylation sites (tertiary alicyclic amines) is 1. The van der Waals surface area contributed by atoms with Gasteiger partial charge in [-0.05, 0) is 42.7 Å². The van der Waals surface area contributed by atoms with Gasteiger partial charge in [-0.2, -0.15) is 0 Å². The Hall–Kier alpha value is -4.07. The lowest BCUT2D eigenvalue weighted by atomic mass is 9.95. The number of methoxy groups -OCH3 is 1. The monoisotopic (exact) mass is 489 g/mol. The molecular formula is C28H31N3O5. The van der Waals surface area contributed by atoms with Crippen LogP contribution in [0.1, 0.15) is 43.4 Å². The minimum absolute atomic E-state index is 0.0681. The second-order valence-corrected chi connectivity index (χ2v) is 8.65. The Balaban J connectivity index is 1.69. The number of imidazole rings is 1. The van der Waals surface area contributed by atoms with Crippen molar-refractivity contribution in [3.05, 3.63) is 84.0 Å². The predicted molar refractivity (Wildman–Crippen MR) is 136 cm³/mol. The normalized spacial score (nSPS) is 16.9. The smallest absolute Gasteiger partial charge is 0.295 e. The highest BCUT2D eigenvalue weighted by atomic mass is 16.5. The topological polar surface area (TPSA) is 93.9 Å². The van der Waals surface area contributed by atoms with E-state index in [0.717, 1.165) is 18.4 Å². The molecule has 36 heavy (non-hydrogen) atoms. The van der Waals surface area contributed by atoms with Crippen molar-refractivity contribution < 1.29 is 24.2 Å². The summed E-state index contributed by atoms with van der Waals surface area (Å²) in [5, 5.41) is 11.3. The Bertz CT molecular complexity index is 1220. The van der Waals surface area contributed by atoms with Crippen LogP contribution in [-0.2, 0) is 16.1 Å². The lowest BCUT2D eigenvalue weighted by Crippen LogP contribution is -2.31. The van der Waals surface area contributed by atoms with Crippen LogP contribution in [0.5, 0.6) is 11.5 Å². The van der Waals surface area contributed by atoms with Gasteiger partial charge in [-0.25, -0.2) is 4.98 Å². The van der Waals surface area contributed by atoms with Crippen LogP contribution >= 0.6 is 0 Å². The number of aliphatic hydroxyl groups is 1. The number of carbonyl (C=O) groups is 2. The fraction of sp³-hybridized carbons (Fsp3) is 0.321. The van der Waals surface area contributed by atoms with E-state index in [0.29, 0.717) is 43.2 Å². The molecule has 0 spiro atoms. The number of unbranched alkanes of at least 4 members (excludes halogenated alkanes) is 1. The van der Waals surface area contributed by atoms with Crippen molar-refractivity contribution in [2.24, 2.45) is 0 Å². The zero-order valence-electron chi connectivity index (χ0n) is 20.6. The van der Waals surface area contributed by atoms with Gasteiger partial charge < -0.3 is 24.0 Å². The van der Waals surface area contributed by atoms with Gasteiger partial charge in [0.2, 0.25) is 0 Å². The molecule has 3 aromatic rings. The Labute approximate surface area is 210 Å². The maximum absolute atomic E-state index is 13.2. The minimum atomic E-state index is -0.719. The maximum Gasteiger partial charge on any atom is 0.295 e. The molecule has 4 rings (SSSR count). The second kappa shape index (κ2) is 11.6. The van der Waals surface area contributed by atoms with Crippen LogP contribution < -0.4 is 9.47 Å². The molecule has 0 bridgehead atoms. The first-order valence-corrected chi connectivity index (χ1v) is 12.1. The molecule has 1 saturated heterocycles. The summed E-state index contributed by atoms with van der Waals surface area (Å²) in [6.45, 7) is 3.64. The van der Waals surface area contributed by atoms with Gasteiger partial charge >= 0.3 is 0 Å². The van der Waals surface area contributed by atoms with E-state index in [1.807, 2.05) is 29.0 Å². The van der Waals surface area contributed by atoms with E-state index in [1.165, 1.54) is 4.90 Å². The van der Waals surface area contributed by atoms with Gasteiger partial charge in [-0.1, -0.05) is 37.6 Å². The first-order chi connectivity index (χ1) is 17.5. The van der Waals surface area contributed by atoms with E-state index in [2.05, 4.69) is 11.9 Å². The Morgan fingerprint density at radius 2 is 1.86 bits per heavy atom. The number of ketones is 1. The van der Waals surface area contributed by atoms with Gasteiger partial charge in [0.15, 0.2) is 0 Å². The summed E-state index contributed by atoms with van der Waals surface area (Å²) in [4.78, 5) is 32.0. The van der Waals surface area contributed by atoms with Crippen molar-refractivity contribution in [2.45, 2.75) is 38.8 Å². The highest BCUT2D eigenvalue weighted by Crippen LogP contribution is 2.40. The zero-order valence-corrected chi connectivity index (χ0v) is 20.6. The van der Waals surface area contributed by atoms with E-state index in [9.17, 15) is 14.7 Å². The summed E-state index contributed by atoms with van der Waals surface area (Å²) in [7, 11) is 1.58. The Morgan fingerprint density at radius 1 is 1.06 bits per heavy atom. The molecule has 1 aromatic heterocycles. The fourth-order valence-corrected chi connectivity index (χ4v) is 4.31. The van der Waals surface area contributed by atoms with E-state index in [-0.39, 0.29) is 11.3 Å². The number of aryl methyl sites for hydroxylation is 1. The number of carbonyl (C=O) groups excluding carboxylic acids is 2. The van der Waals surface area contributed by atoms with E-state index >= 15 is 0 Å². The van der Waals surface area contributed by atoms with Crippen molar-refractivity contribution in [2.75, 3.05) is 20.3 Å². The minimum Gasteiger partial charge on any atom is -0.507 e. The van der Waals surface area contributed by atoms with Crippen LogP contribution in [-0.4, -0.2) is 51.5 Å². The lowest BCUT2D eigenvalue weighted by Gasteiger charge is -2.25. The molecule has 0 saturated carbocycles. The number of benzene rings is 2. The quantitative estimate of drug-likeness (QED) is 0.183. The Kier molecular flexibility index (Phi) is 8.05. The summed E-state index contributed by atoms with van der Waals surface area (Å²) in [6, 6.07) is 13.4. The van der Waals surface area contributed by atoms with Crippen LogP contribution in [0.25, 0.3) is 5.76 Å². The molecule has 0 aliphatic carbocycles. The van der Waals surface area contributed by atoms with Crippen molar-refractivity contribution in [3.8, 4) is 11.5 Å². The van der Waals surface area contributed by atoms with Crippen molar-refractivity contribution in [1.29, 1.82) is 0 Å².